The van der Waals surface area contributed by atoms with Gasteiger partial charge in [-0.1, -0.05) is 0 Å². The standard InChI is InChI=1S/C10H9BrF3NO3S/c11-8-5-7(18-10(12,13)14)3-4-9(8)19(16,17)15-6-1-2-6/h3-6,15H,1-2H2. The average molecular weight is 360 g/mol. The van der Waals surface area contributed by atoms with Crippen LogP contribution in [0.3, 0.4) is 0 Å². The van der Waals surface area contributed by atoms with Crippen LogP contribution >= 0.6 is 15.9 Å². The Hall–Kier alpha value is -0.800. The molecular weight excluding hydrogens is 351 g/mol. The van der Waals surface area contributed by atoms with Crippen molar-refractivity contribution in [3.05, 3.63) is 22.7 Å². The van der Waals surface area contributed by atoms with Crippen molar-refractivity contribution in [1.82, 2.24) is 4.72 Å². The third-order valence-electron chi connectivity index (χ3n) is 2.33. The van der Waals surface area contributed by atoms with Crippen LogP contribution in [0.15, 0.2) is 27.6 Å². The van der Waals surface area contributed by atoms with Gasteiger partial charge in [0.05, 0.1) is 4.90 Å². The fraction of sp³-hybridized carbons (Fsp3) is 0.400. The lowest BCUT2D eigenvalue weighted by Crippen LogP contribution is -2.26. The number of alkyl halides is 3. The molecule has 19 heavy (non-hydrogen) atoms. The highest BCUT2D eigenvalue weighted by Gasteiger charge is 2.32. The molecule has 0 bridgehead atoms. The summed E-state index contributed by atoms with van der Waals surface area (Å²) < 4.78 is 66.0. The second-order valence-electron chi connectivity index (χ2n) is 4.04. The molecule has 0 unspecified atom stereocenters. The number of hydrogen-bond acceptors (Lipinski definition) is 3. The van der Waals surface area contributed by atoms with E-state index in [2.05, 4.69) is 25.4 Å². The molecule has 0 amide bonds. The summed E-state index contributed by atoms with van der Waals surface area (Å²) in [5, 5.41) is 0. The first-order valence-electron chi connectivity index (χ1n) is 5.25. The minimum atomic E-state index is -4.81. The SMILES string of the molecule is O=S(=O)(NC1CC1)c1ccc(OC(F)(F)F)cc1Br. The summed E-state index contributed by atoms with van der Waals surface area (Å²) in [6.07, 6.45) is -3.27. The normalized spacial score (nSPS) is 16.4. The first-order chi connectivity index (χ1) is 8.67. The molecule has 0 aromatic heterocycles. The lowest BCUT2D eigenvalue weighted by atomic mass is 10.3. The molecule has 1 saturated carbocycles. The third-order valence-corrected chi connectivity index (χ3v) is 4.82. The number of hydrogen-bond donors (Lipinski definition) is 1. The Balaban J connectivity index is 2.23. The maximum atomic E-state index is 12.0. The predicted molar refractivity (Wildman–Crippen MR) is 64.2 cm³/mol. The van der Waals surface area contributed by atoms with E-state index in [-0.39, 0.29) is 15.4 Å². The van der Waals surface area contributed by atoms with Crippen LogP contribution in [0.4, 0.5) is 13.2 Å². The lowest BCUT2D eigenvalue weighted by Gasteiger charge is -2.11. The quantitative estimate of drug-likeness (QED) is 0.899. The first-order valence-corrected chi connectivity index (χ1v) is 7.53. The Morgan fingerprint density at radius 2 is 1.95 bits per heavy atom. The van der Waals surface area contributed by atoms with Crippen LogP contribution in [0, 0.1) is 0 Å². The predicted octanol–water partition coefficient (Wildman–Crippen LogP) is 2.79. The molecular formula is C10H9BrF3NO3S. The van der Waals surface area contributed by atoms with Gasteiger partial charge in [-0.05, 0) is 47.0 Å². The fourth-order valence-corrected chi connectivity index (χ4v) is 3.74. The molecule has 9 heteroatoms. The zero-order chi connectivity index (χ0) is 14.3. The summed E-state index contributed by atoms with van der Waals surface area (Å²) in [6.45, 7) is 0. The molecule has 2 rings (SSSR count). The van der Waals surface area contributed by atoms with E-state index < -0.39 is 22.1 Å². The van der Waals surface area contributed by atoms with Gasteiger partial charge in [-0.15, -0.1) is 13.2 Å². The molecule has 1 aromatic carbocycles. The van der Waals surface area contributed by atoms with Crippen molar-refractivity contribution in [3.8, 4) is 5.75 Å². The number of benzene rings is 1. The van der Waals surface area contributed by atoms with E-state index in [1.807, 2.05) is 0 Å². The van der Waals surface area contributed by atoms with Crippen LogP contribution in [-0.2, 0) is 10.0 Å². The summed E-state index contributed by atoms with van der Waals surface area (Å²) in [5.41, 5.74) is 0. The molecule has 0 radical (unpaired) electrons. The van der Waals surface area contributed by atoms with Gasteiger partial charge in [0, 0.05) is 10.5 Å². The second kappa shape index (κ2) is 4.95. The molecule has 1 aromatic rings. The Morgan fingerprint density at radius 1 is 1.32 bits per heavy atom. The Kier molecular flexibility index (Phi) is 3.80. The van der Waals surface area contributed by atoms with Gasteiger partial charge in [-0.2, -0.15) is 0 Å². The molecule has 0 spiro atoms. The van der Waals surface area contributed by atoms with Crippen molar-refractivity contribution >= 4 is 26.0 Å². The van der Waals surface area contributed by atoms with E-state index in [0.29, 0.717) is 0 Å². The highest BCUT2D eigenvalue weighted by Crippen LogP contribution is 2.31. The van der Waals surface area contributed by atoms with E-state index in [4.69, 9.17) is 0 Å². The van der Waals surface area contributed by atoms with Gasteiger partial charge in [0.25, 0.3) is 0 Å². The van der Waals surface area contributed by atoms with Crippen LogP contribution < -0.4 is 9.46 Å². The van der Waals surface area contributed by atoms with Crippen molar-refractivity contribution in [2.45, 2.75) is 30.1 Å². The van der Waals surface area contributed by atoms with Crippen LogP contribution in [0.2, 0.25) is 0 Å². The highest BCUT2D eigenvalue weighted by atomic mass is 79.9. The topological polar surface area (TPSA) is 55.4 Å². The van der Waals surface area contributed by atoms with E-state index in [9.17, 15) is 21.6 Å². The van der Waals surface area contributed by atoms with Crippen molar-refractivity contribution in [2.24, 2.45) is 0 Å². The zero-order valence-electron chi connectivity index (χ0n) is 9.37. The Labute approximate surface area is 116 Å². The average Bonchev–Trinajstić information content (AvgIpc) is 2.97. The second-order valence-corrected chi connectivity index (χ2v) is 6.57. The van der Waals surface area contributed by atoms with Crippen molar-refractivity contribution in [3.63, 3.8) is 0 Å². The molecule has 0 atom stereocenters. The number of ether oxygens (including phenoxy) is 1. The largest absolute Gasteiger partial charge is 0.573 e. The molecule has 4 nitrogen and oxygen atoms in total. The van der Waals surface area contributed by atoms with Gasteiger partial charge in [-0.3, -0.25) is 0 Å². The van der Waals surface area contributed by atoms with Crippen LogP contribution in [0.1, 0.15) is 12.8 Å². The van der Waals surface area contributed by atoms with Crippen LogP contribution in [0.5, 0.6) is 5.75 Å². The van der Waals surface area contributed by atoms with Gasteiger partial charge in [0.15, 0.2) is 0 Å². The minimum absolute atomic E-state index is 0.0161. The first kappa shape index (κ1) is 14.6. The van der Waals surface area contributed by atoms with Crippen molar-refractivity contribution < 1.29 is 26.3 Å². The third kappa shape index (κ3) is 4.08. The summed E-state index contributed by atoms with van der Waals surface area (Å²) in [6, 6.07) is 2.91. The van der Waals surface area contributed by atoms with Gasteiger partial charge in [0.1, 0.15) is 5.75 Å². The summed E-state index contributed by atoms with van der Waals surface area (Å²) in [4.78, 5) is -0.117. The van der Waals surface area contributed by atoms with Crippen molar-refractivity contribution in [2.75, 3.05) is 0 Å². The summed E-state index contributed by atoms with van der Waals surface area (Å²) >= 11 is 2.93. The molecule has 0 aliphatic heterocycles. The van der Waals surface area contributed by atoms with Gasteiger partial charge >= 0.3 is 6.36 Å². The maximum Gasteiger partial charge on any atom is 0.573 e. The van der Waals surface area contributed by atoms with Crippen LogP contribution in [-0.4, -0.2) is 20.8 Å². The zero-order valence-corrected chi connectivity index (χ0v) is 11.8. The molecule has 0 saturated heterocycles. The maximum absolute atomic E-state index is 12.0. The van der Waals surface area contributed by atoms with E-state index in [1.165, 1.54) is 0 Å². The Bertz CT molecular complexity index is 584. The fourth-order valence-electron chi connectivity index (χ4n) is 1.38. The monoisotopic (exact) mass is 359 g/mol. The molecule has 1 aliphatic rings. The molecule has 1 aliphatic carbocycles. The van der Waals surface area contributed by atoms with E-state index >= 15 is 0 Å². The highest BCUT2D eigenvalue weighted by molar-refractivity contribution is 9.10. The van der Waals surface area contributed by atoms with Gasteiger partial charge in [0.2, 0.25) is 10.0 Å². The van der Waals surface area contributed by atoms with E-state index in [0.717, 1.165) is 31.0 Å². The Morgan fingerprint density at radius 3 is 2.42 bits per heavy atom. The number of sulfonamides is 1. The number of rotatable bonds is 4. The summed E-state index contributed by atoms with van der Waals surface area (Å²) in [7, 11) is -3.72. The van der Waals surface area contributed by atoms with Crippen molar-refractivity contribution in [1.29, 1.82) is 0 Å². The van der Waals surface area contributed by atoms with E-state index in [1.54, 1.807) is 0 Å². The molecule has 0 heterocycles. The molecule has 106 valence electrons. The lowest BCUT2D eigenvalue weighted by molar-refractivity contribution is -0.274. The smallest absolute Gasteiger partial charge is 0.406 e. The minimum Gasteiger partial charge on any atom is -0.406 e. The van der Waals surface area contributed by atoms with Gasteiger partial charge in [-0.25, -0.2) is 13.1 Å². The van der Waals surface area contributed by atoms with Gasteiger partial charge < -0.3 is 4.74 Å². The number of nitrogens with one attached hydrogen (secondary N) is 1. The number of halogens is 4. The van der Waals surface area contributed by atoms with Crippen LogP contribution in [0.25, 0.3) is 0 Å². The molecule has 1 fully saturated rings. The summed E-state index contributed by atoms with van der Waals surface area (Å²) in [5.74, 6) is -0.482. The molecule has 1 N–H and O–H groups in total.